The second kappa shape index (κ2) is 5.18. The molecule has 2 nitrogen and oxygen atoms in total. The third-order valence-corrected chi connectivity index (χ3v) is 3.17. The highest BCUT2D eigenvalue weighted by Gasteiger charge is 2.32. The molecule has 0 spiro atoms. The lowest BCUT2D eigenvalue weighted by atomic mass is 10.2. The van der Waals surface area contributed by atoms with Crippen LogP contribution in [0.3, 0.4) is 0 Å². The molecule has 100 valence electrons. The highest BCUT2D eigenvalue weighted by atomic mass is 19.4. The van der Waals surface area contributed by atoms with E-state index in [1.807, 2.05) is 0 Å². The van der Waals surface area contributed by atoms with Crippen LogP contribution in [-0.2, 0) is 6.54 Å². The molecule has 5 heteroatoms. The zero-order chi connectivity index (χ0) is 13.2. The Morgan fingerprint density at radius 1 is 1.28 bits per heavy atom. The highest BCUT2D eigenvalue weighted by Crippen LogP contribution is 2.36. The predicted octanol–water partition coefficient (Wildman–Crippen LogP) is 3.33. The predicted molar refractivity (Wildman–Crippen MR) is 62.1 cm³/mol. The first-order valence-corrected chi connectivity index (χ1v) is 5.99. The molecule has 0 amide bonds. The number of rotatable bonds is 5. The Morgan fingerprint density at radius 3 is 2.39 bits per heavy atom. The number of alkyl halides is 3. The average Bonchev–Trinajstić information content (AvgIpc) is 2.95. The molecule has 1 N–H and O–H groups in total. The van der Waals surface area contributed by atoms with Gasteiger partial charge in [-0.15, -0.1) is 13.2 Å². The fraction of sp³-hybridized carbons (Fsp3) is 0.538. The van der Waals surface area contributed by atoms with E-state index >= 15 is 0 Å². The first kappa shape index (κ1) is 13.2. The monoisotopic (exact) mass is 259 g/mol. The molecule has 1 aromatic carbocycles. The third-order valence-electron chi connectivity index (χ3n) is 3.17. The van der Waals surface area contributed by atoms with Gasteiger partial charge in [-0.2, -0.15) is 0 Å². The van der Waals surface area contributed by atoms with Crippen molar-refractivity contribution in [2.75, 3.05) is 6.54 Å². The van der Waals surface area contributed by atoms with Crippen LogP contribution in [0.15, 0.2) is 24.3 Å². The van der Waals surface area contributed by atoms with Crippen molar-refractivity contribution in [2.45, 2.75) is 26.3 Å². The highest BCUT2D eigenvalue weighted by molar-refractivity contribution is 5.27. The van der Waals surface area contributed by atoms with Gasteiger partial charge in [-0.25, -0.2) is 0 Å². The van der Waals surface area contributed by atoms with Gasteiger partial charge in [0.05, 0.1) is 0 Å². The van der Waals surface area contributed by atoms with E-state index in [1.54, 1.807) is 12.1 Å². The standard InChI is InChI=1S/C13H16F3NO/c1-9-6-11(9)8-17-7-10-2-4-12(5-3-10)18-13(14,15)16/h2-5,9,11,17H,6-8H2,1H3. The quantitative estimate of drug-likeness (QED) is 0.875. The van der Waals surface area contributed by atoms with Gasteiger partial charge in [0, 0.05) is 6.54 Å². The zero-order valence-corrected chi connectivity index (χ0v) is 10.1. The summed E-state index contributed by atoms with van der Waals surface area (Å²) >= 11 is 0. The maximum Gasteiger partial charge on any atom is 0.573 e. The van der Waals surface area contributed by atoms with E-state index in [0.29, 0.717) is 6.54 Å². The maximum absolute atomic E-state index is 11.9. The number of hydrogen-bond acceptors (Lipinski definition) is 2. The summed E-state index contributed by atoms with van der Waals surface area (Å²) in [5.41, 5.74) is 0.956. The van der Waals surface area contributed by atoms with Gasteiger partial charge in [-0.1, -0.05) is 19.1 Å². The minimum atomic E-state index is -4.62. The number of benzene rings is 1. The van der Waals surface area contributed by atoms with E-state index in [4.69, 9.17) is 0 Å². The molecule has 1 aromatic rings. The lowest BCUT2D eigenvalue weighted by Gasteiger charge is -2.09. The normalized spacial score (nSPS) is 22.9. The Kier molecular flexibility index (Phi) is 3.80. The molecule has 1 aliphatic carbocycles. The van der Waals surface area contributed by atoms with Crippen LogP contribution in [0, 0.1) is 11.8 Å². The molecule has 1 saturated carbocycles. The topological polar surface area (TPSA) is 21.3 Å². The van der Waals surface area contributed by atoms with Crippen molar-refractivity contribution in [2.24, 2.45) is 11.8 Å². The molecular weight excluding hydrogens is 243 g/mol. The van der Waals surface area contributed by atoms with E-state index in [1.165, 1.54) is 18.6 Å². The van der Waals surface area contributed by atoms with Crippen molar-refractivity contribution in [1.82, 2.24) is 5.32 Å². The van der Waals surface area contributed by atoms with Crippen LogP contribution in [0.25, 0.3) is 0 Å². The maximum atomic E-state index is 11.9. The van der Waals surface area contributed by atoms with Crippen molar-refractivity contribution < 1.29 is 17.9 Å². The molecule has 0 aromatic heterocycles. The summed E-state index contributed by atoms with van der Waals surface area (Å²) in [6.45, 7) is 3.87. The van der Waals surface area contributed by atoms with E-state index in [2.05, 4.69) is 17.0 Å². The minimum Gasteiger partial charge on any atom is -0.406 e. The summed E-state index contributed by atoms with van der Waals surface area (Å²) in [6, 6.07) is 5.96. The van der Waals surface area contributed by atoms with Crippen molar-refractivity contribution in [3.63, 3.8) is 0 Å². The van der Waals surface area contributed by atoms with Gasteiger partial charge >= 0.3 is 6.36 Å². The van der Waals surface area contributed by atoms with Gasteiger partial charge in [0.15, 0.2) is 0 Å². The zero-order valence-electron chi connectivity index (χ0n) is 10.1. The Morgan fingerprint density at radius 2 is 1.89 bits per heavy atom. The van der Waals surface area contributed by atoms with E-state index in [0.717, 1.165) is 23.9 Å². The lowest BCUT2D eigenvalue weighted by Crippen LogP contribution is -2.18. The van der Waals surface area contributed by atoms with Gasteiger partial charge in [0.2, 0.25) is 0 Å². The molecule has 1 aliphatic rings. The van der Waals surface area contributed by atoms with E-state index < -0.39 is 6.36 Å². The lowest BCUT2D eigenvalue weighted by molar-refractivity contribution is -0.274. The Bertz CT molecular complexity index is 388. The van der Waals surface area contributed by atoms with Gasteiger partial charge in [0.25, 0.3) is 0 Å². The fourth-order valence-electron chi connectivity index (χ4n) is 1.89. The summed E-state index contributed by atoms with van der Waals surface area (Å²) in [6.07, 6.45) is -3.35. The summed E-state index contributed by atoms with van der Waals surface area (Å²) in [7, 11) is 0. The number of halogens is 3. The first-order valence-electron chi connectivity index (χ1n) is 5.99. The van der Waals surface area contributed by atoms with Crippen LogP contribution in [0.1, 0.15) is 18.9 Å². The molecule has 2 unspecified atom stereocenters. The van der Waals surface area contributed by atoms with Crippen molar-refractivity contribution in [3.05, 3.63) is 29.8 Å². The van der Waals surface area contributed by atoms with Crippen LogP contribution in [0.2, 0.25) is 0 Å². The summed E-state index contributed by atoms with van der Waals surface area (Å²) in [5.74, 6) is 1.39. The van der Waals surface area contributed by atoms with Crippen LogP contribution >= 0.6 is 0 Å². The largest absolute Gasteiger partial charge is 0.573 e. The molecule has 2 atom stereocenters. The second-order valence-electron chi connectivity index (χ2n) is 4.80. The summed E-state index contributed by atoms with van der Waals surface area (Å²) in [5, 5.41) is 3.30. The molecule has 0 heterocycles. The molecule has 0 bridgehead atoms. The van der Waals surface area contributed by atoms with Crippen LogP contribution in [0.4, 0.5) is 13.2 Å². The summed E-state index contributed by atoms with van der Waals surface area (Å²) < 4.78 is 39.6. The molecular formula is C13H16F3NO. The Labute approximate surface area is 104 Å². The molecule has 1 fully saturated rings. The van der Waals surface area contributed by atoms with Gasteiger partial charge in [-0.3, -0.25) is 0 Å². The average molecular weight is 259 g/mol. The Hall–Kier alpha value is -1.23. The molecule has 18 heavy (non-hydrogen) atoms. The Balaban J connectivity index is 1.76. The van der Waals surface area contributed by atoms with Gasteiger partial charge in [-0.05, 0) is 42.5 Å². The van der Waals surface area contributed by atoms with Gasteiger partial charge < -0.3 is 10.1 Å². The molecule has 0 saturated heterocycles. The second-order valence-corrected chi connectivity index (χ2v) is 4.80. The number of ether oxygens (including phenoxy) is 1. The van der Waals surface area contributed by atoms with Crippen molar-refractivity contribution >= 4 is 0 Å². The molecule has 2 rings (SSSR count). The van der Waals surface area contributed by atoms with Crippen LogP contribution in [-0.4, -0.2) is 12.9 Å². The summed E-state index contributed by atoms with van der Waals surface area (Å²) in [4.78, 5) is 0. The molecule has 0 aliphatic heterocycles. The van der Waals surface area contributed by atoms with Crippen molar-refractivity contribution in [1.29, 1.82) is 0 Å². The van der Waals surface area contributed by atoms with Crippen LogP contribution in [0.5, 0.6) is 5.75 Å². The van der Waals surface area contributed by atoms with E-state index in [9.17, 15) is 13.2 Å². The third kappa shape index (κ3) is 4.22. The van der Waals surface area contributed by atoms with E-state index in [-0.39, 0.29) is 5.75 Å². The first-order chi connectivity index (χ1) is 8.44. The smallest absolute Gasteiger partial charge is 0.406 e. The van der Waals surface area contributed by atoms with Gasteiger partial charge in [0.1, 0.15) is 5.75 Å². The van der Waals surface area contributed by atoms with Crippen LogP contribution < -0.4 is 10.1 Å². The fourth-order valence-corrected chi connectivity index (χ4v) is 1.89. The number of hydrogen-bond donors (Lipinski definition) is 1. The van der Waals surface area contributed by atoms with Crippen molar-refractivity contribution in [3.8, 4) is 5.75 Å². The molecule has 0 radical (unpaired) electrons. The minimum absolute atomic E-state index is 0.179. The number of nitrogens with one attached hydrogen (secondary N) is 1. The SMILES string of the molecule is CC1CC1CNCc1ccc(OC(F)(F)F)cc1.